The lowest BCUT2D eigenvalue weighted by Gasteiger charge is -2.35. The number of hydrogen-bond donors (Lipinski definition) is 1. The number of carbonyl (C=O) groups excluding carboxylic acids is 2. The van der Waals surface area contributed by atoms with E-state index in [0.29, 0.717) is 32.0 Å². The van der Waals surface area contributed by atoms with Crippen molar-refractivity contribution in [2.45, 2.75) is 57.4 Å². The number of nitrogens with one attached hydrogen (secondary N) is 1. The highest BCUT2D eigenvalue weighted by Crippen LogP contribution is 2.20. The van der Waals surface area contributed by atoms with Crippen LogP contribution in [0.5, 0.6) is 0 Å². The SMILES string of the molecule is O=C1CC2CCCCN2CCCCN(C(=O)Cc2cn3ccsc3n2)CCCN1. The van der Waals surface area contributed by atoms with Gasteiger partial charge in [-0.3, -0.25) is 18.9 Å². The van der Waals surface area contributed by atoms with Crippen LogP contribution in [0.15, 0.2) is 17.8 Å². The van der Waals surface area contributed by atoms with E-state index in [1.807, 2.05) is 27.1 Å². The third-order valence-corrected chi connectivity index (χ3v) is 6.82. The molecule has 1 unspecified atom stereocenters. The molecule has 2 saturated heterocycles. The maximum atomic E-state index is 12.9. The van der Waals surface area contributed by atoms with Crippen molar-refractivity contribution in [3.8, 4) is 0 Å². The van der Waals surface area contributed by atoms with Crippen LogP contribution in [0, 0.1) is 0 Å². The third kappa shape index (κ3) is 5.36. The summed E-state index contributed by atoms with van der Waals surface area (Å²) in [6.07, 6.45) is 11.3. The number of thiazole rings is 1. The van der Waals surface area contributed by atoms with Crippen LogP contribution in [-0.2, 0) is 16.0 Å². The summed E-state index contributed by atoms with van der Waals surface area (Å²) >= 11 is 1.58. The van der Waals surface area contributed by atoms with Crippen LogP contribution in [0.1, 0.15) is 50.6 Å². The van der Waals surface area contributed by atoms with Crippen LogP contribution in [0.25, 0.3) is 4.96 Å². The Hall–Kier alpha value is -1.93. The van der Waals surface area contributed by atoms with Gasteiger partial charge in [-0.2, -0.15) is 0 Å². The number of nitrogens with zero attached hydrogens (tertiary/aromatic N) is 4. The van der Waals surface area contributed by atoms with Crippen molar-refractivity contribution >= 4 is 28.1 Å². The standard InChI is InChI=1S/C21H31N5O2S/c27-19-15-18-6-1-2-8-24(18)9-3-4-10-25(11-5-7-22-19)20(28)14-17-16-26-12-13-29-21(26)23-17/h12-13,16,18H,1-11,14-15H2,(H,22,27). The molecule has 29 heavy (non-hydrogen) atoms. The van der Waals surface area contributed by atoms with Crippen LogP contribution >= 0.6 is 11.3 Å². The van der Waals surface area contributed by atoms with Crippen molar-refractivity contribution in [3.05, 3.63) is 23.5 Å². The maximum absolute atomic E-state index is 12.9. The smallest absolute Gasteiger partial charge is 0.228 e. The summed E-state index contributed by atoms with van der Waals surface area (Å²) in [5, 5.41) is 5.05. The molecule has 2 amide bonds. The highest BCUT2D eigenvalue weighted by molar-refractivity contribution is 7.15. The van der Waals surface area contributed by atoms with Gasteiger partial charge in [0.2, 0.25) is 11.8 Å². The quantitative estimate of drug-likeness (QED) is 0.814. The molecule has 1 atom stereocenters. The van der Waals surface area contributed by atoms with Gasteiger partial charge in [-0.15, -0.1) is 11.3 Å². The van der Waals surface area contributed by atoms with Crippen LogP contribution in [0.2, 0.25) is 0 Å². The van der Waals surface area contributed by atoms with Gasteiger partial charge in [0.15, 0.2) is 4.96 Å². The molecule has 7 nitrogen and oxygen atoms in total. The average molecular weight is 418 g/mol. The van der Waals surface area contributed by atoms with Gasteiger partial charge < -0.3 is 10.2 Å². The molecular formula is C21H31N5O2S. The molecule has 2 aromatic rings. The van der Waals surface area contributed by atoms with E-state index in [-0.39, 0.29) is 11.8 Å². The van der Waals surface area contributed by atoms with E-state index in [9.17, 15) is 9.59 Å². The Morgan fingerprint density at radius 2 is 1.93 bits per heavy atom. The number of hydrogen-bond acceptors (Lipinski definition) is 5. The fourth-order valence-corrected chi connectivity index (χ4v) is 5.20. The van der Waals surface area contributed by atoms with Gasteiger partial charge >= 0.3 is 0 Å². The zero-order valence-electron chi connectivity index (χ0n) is 17.0. The molecule has 8 heteroatoms. The lowest BCUT2D eigenvalue weighted by atomic mass is 9.98. The number of carbonyl (C=O) groups is 2. The third-order valence-electron chi connectivity index (χ3n) is 6.05. The monoisotopic (exact) mass is 417 g/mol. The Bertz CT molecular complexity index is 804. The fourth-order valence-electron chi connectivity index (χ4n) is 4.48. The molecule has 2 aliphatic rings. The molecular weight excluding hydrogens is 386 g/mol. The van der Waals surface area contributed by atoms with E-state index in [2.05, 4.69) is 15.2 Å². The minimum atomic E-state index is 0.132. The van der Waals surface area contributed by atoms with Crippen molar-refractivity contribution in [3.63, 3.8) is 0 Å². The maximum Gasteiger partial charge on any atom is 0.228 e. The summed E-state index contributed by atoms with van der Waals surface area (Å²) in [5.41, 5.74) is 0.828. The first kappa shape index (κ1) is 20.3. The minimum Gasteiger partial charge on any atom is -0.356 e. The Balaban J connectivity index is 1.36. The molecule has 0 aliphatic carbocycles. The largest absolute Gasteiger partial charge is 0.356 e. The molecule has 158 valence electrons. The molecule has 2 aliphatic heterocycles. The van der Waals surface area contributed by atoms with Gasteiger partial charge in [-0.05, 0) is 45.2 Å². The second-order valence-electron chi connectivity index (χ2n) is 8.18. The van der Waals surface area contributed by atoms with Gasteiger partial charge in [0.05, 0.1) is 12.1 Å². The topological polar surface area (TPSA) is 70.0 Å². The lowest BCUT2D eigenvalue weighted by molar-refractivity contribution is -0.130. The van der Waals surface area contributed by atoms with Crippen LogP contribution in [0.3, 0.4) is 0 Å². The number of piperidine rings is 1. The summed E-state index contributed by atoms with van der Waals surface area (Å²) in [6, 6.07) is 0.386. The summed E-state index contributed by atoms with van der Waals surface area (Å²) in [5.74, 6) is 0.282. The van der Waals surface area contributed by atoms with E-state index < -0.39 is 0 Å². The average Bonchev–Trinajstić information content (AvgIpc) is 3.29. The van der Waals surface area contributed by atoms with Crippen molar-refractivity contribution in [2.75, 3.05) is 32.7 Å². The van der Waals surface area contributed by atoms with Gasteiger partial charge in [-0.1, -0.05) is 6.42 Å². The Labute approximate surface area is 176 Å². The molecule has 0 radical (unpaired) electrons. The van der Waals surface area contributed by atoms with Crippen molar-refractivity contribution < 1.29 is 9.59 Å². The molecule has 0 bridgehead atoms. The summed E-state index contributed by atoms with van der Waals surface area (Å²) in [7, 11) is 0. The molecule has 0 aromatic carbocycles. The first-order valence-electron chi connectivity index (χ1n) is 10.9. The lowest BCUT2D eigenvalue weighted by Crippen LogP contribution is -2.43. The number of fused-ring (bicyclic) bond motifs is 2. The van der Waals surface area contributed by atoms with E-state index in [4.69, 9.17) is 0 Å². The minimum absolute atomic E-state index is 0.132. The van der Waals surface area contributed by atoms with Crippen molar-refractivity contribution in [2.24, 2.45) is 0 Å². The van der Waals surface area contributed by atoms with Gasteiger partial charge in [-0.25, -0.2) is 4.98 Å². The summed E-state index contributed by atoms with van der Waals surface area (Å²) < 4.78 is 1.97. The molecule has 4 heterocycles. The van der Waals surface area contributed by atoms with E-state index in [1.54, 1.807) is 11.3 Å². The Morgan fingerprint density at radius 3 is 2.79 bits per heavy atom. The number of imidazole rings is 1. The predicted molar refractivity (Wildman–Crippen MR) is 114 cm³/mol. The molecule has 2 fully saturated rings. The van der Waals surface area contributed by atoms with Gasteiger partial charge in [0.25, 0.3) is 0 Å². The van der Waals surface area contributed by atoms with Gasteiger partial charge in [0.1, 0.15) is 0 Å². The second-order valence-corrected chi connectivity index (χ2v) is 9.06. The van der Waals surface area contributed by atoms with E-state index >= 15 is 0 Å². The summed E-state index contributed by atoms with van der Waals surface area (Å²) in [6.45, 7) is 4.23. The van der Waals surface area contributed by atoms with E-state index in [1.165, 1.54) is 12.8 Å². The van der Waals surface area contributed by atoms with Crippen molar-refractivity contribution in [1.29, 1.82) is 0 Å². The number of amides is 2. The zero-order valence-corrected chi connectivity index (χ0v) is 17.8. The second kappa shape index (κ2) is 9.71. The van der Waals surface area contributed by atoms with E-state index in [0.717, 1.165) is 56.0 Å². The van der Waals surface area contributed by atoms with Gasteiger partial charge in [0, 0.05) is 49.9 Å². The molecule has 0 saturated carbocycles. The first-order chi connectivity index (χ1) is 14.2. The molecule has 0 spiro atoms. The molecule has 2 aromatic heterocycles. The Morgan fingerprint density at radius 1 is 1.14 bits per heavy atom. The normalized spacial score (nSPS) is 23.0. The zero-order chi connectivity index (χ0) is 20.1. The summed E-state index contributed by atoms with van der Waals surface area (Å²) in [4.78, 5) is 35.2. The number of rotatable bonds is 2. The number of aromatic nitrogens is 2. The fraction of sp³-hybridized carbons (Fsp3) is 0.667. The molecule has 4 rings (SSSR count). The highest BCUT2D eigenvalue weighted by atomic mass is 32.1. The van der Waals surface area contributed by atoms with Crippen molar-refractivity contribution in [1.82, 2.24) is 24.5 Å². The Kier molecular flexibility index (Phi) is 6.82. The van der Waals surface area contributed by atoms with Crippen LogP contribution in [-0.4, -0.2) is 69.8 Å². The first-order valence-corrected chi connectivity index (χ1v) is 11.8. The molecule has 1 N–H and O–H groups in total. The van der Waals surface area contributed by atoms with Crippen LogP contribution in [0.4, 0.5) is 0 Å². The predicted octanol–water partition coefficient (Wildman–Crippen LogP) is 2.31. The van der Waals surface area contributed by atoms with Crippen LogP contribution < -0.4 is 5.32 Å². The highest BCUT2D eigenvalue weighted by Gasteiger charge is 2.25.